The van der Waals surface area contributed by atoms with Gasteiger partial charge >= 0.3 is 5.97 Å². The largest absolute Gasteiger partial charge is 0.465 e. The maximum absolute atomic E-state index is 12.1. The van der Waals surface area contributed by atoms with Gasteiger partial charge in [0, 0.05) is 11.3 Å². The second kappa shape index (κ2) is 9.73. The lowest BCUT2D eigenvalue weighted by molar-refractivity contribution is -0.111. The Hall–Kier alpha value is -2.33. The summed E-state index contributed by atoms with van der Waals surface area (Å²) in [5.74, 6) is -0.420. The van der Waals surface area contributed by atoms with Crippen LogP contribution in [-0.4, -0.2) is 18.2 Å². The maximum atomic E-state index is 12.1. The van der Waals surface area contributed by atoms with E-state index in [0.29, 0.717) is 16.9 Å². The third-order valence-corrected chi connectivity index (χ3v) is 4.39. The zero-order valence-electron chi connectivity index (χ0n) is 13.6. The van der Waals surface area contributed by atoms with Gasteiger partial charge in [0.05, 0.1) is 12.7 Å². The average molecular weight is 340 g/mol. The zero-order valence-corrected chi connectivity index (χ0v) is 14.4. The van der Waals surface area contributed by atoms with Crippen LogP contribution in [0.15, 0.2) is 65.6 Å². The molecule has 0 radical (unpaired) electrons. The highest BCUT2D eigenvalue weighted by atomic mass is 32.2. The van der Waals surface area contributed by atoms with E-state index in [0.717, 1.165) is 30.2 Å². The molecule has 4 heteroatoms. The van der Waals surface area contributed by atoms with Crippen molar-refractivity contribution >= 4 is 28.9 Å². The lowest BCUT2D eigenvalue weighted by Crippen LogP contribution is -2.04. The van der Waals surface area contributed by atoms with Crippen molar-refractivity contribution in [2.45, 2.75) is 24.2 Å². The molecule has 2 aromatic carbocycles. The van der Waals surface area contributed by atoms with E-state index in [2.05, 4.69) is 12.2 Å². The number of unbranched alkanes of at least 4 members (excludes halogenated alkanes) is 1. The minimum atomic E-state index is -0.420. The van der Waals surface area contributed by atoms with Gasteiger partial charge in [-0.3, -0.25) is 4.79 Å². The fourth-order valence-electron chi connectivity index (χ4n) is 2.16. The molecule has 0 N–H and O–H groups in total. The highest BCUT2D eigenvalue weighted by Gasteiger charge is 2.14. The van der Waals surface area contributed by atoms with Gasteiger partial charge in [0.25, 0.3) is 0 Å². The van der Waals surface area contributed by atoms with Gasteiger partial charge in [-0.15, -0.1) is 0 Å². The second-order valence-electron chi connectivity index (χ2n) is 5.17. The fraction of sp³-hybridized carbons (Fsp3) is 0.200. The second-order valence-corrected chi connectivity index (χ2v) is 6.27. The Balaban J connectivity index is 1.80. The molecule has 0 aliphatic rings. The van der Waals surface area contributed by atoms with Crippen molar-refractivity contribution in [1.82, 2.24) is 0 Å². The molecular formula is C20H20O3S. The molecule has 0 fully saturated rings. The monoisotopic (exact) mass is 340 g/mol. The van der Waals surface area contributed by atoms with Crippen LogP contribution in [0.5, 0.6) is 0 Å². The van der Waals surface area contributed by atoms with Crippen LogP contribution in [0.4, 0.5) is 0 Å². The molecule has 0 unspecified atom stereocenters. The molecule has 0 aliphatic carbocycles. The topological polar surface area (TPSA) is 43.4 Å². The summed E-state index contributed by atoms with van der Waals surface area (Å²) in [6.07, 6.45) is 6.24. The van der Waals surface area contributed by atoms with Crippen molar-refractivity contribution < 1.29 is 14.3 Å². The van der Waals surface area contributed by atoms with Gasteiger partial charge in [-0.2, -0.15) is 0 Å². The van der Waals surface area contributed by atoms with Crippen LogP contribution in [-0.2, 0) is 9.53 Å². The van der Waals surface area contributed by atoms with Crippen LogP contribution in [0.25, 0.3) is 6.08 Å². The number of carbonyl (C=O) groups is 2. The summed E-state index contributed by atoms with van der Waals surface area (Å²) in [5, 5.41) is 0.0551. The van der Waals surface area contributed by atoms with Crippen molar-refractivity contribution in [2.24, 2.45) is 0 Å². The van der Waals surface area contributed by atoms with E-state index < -0.39 is 5.97 Å². The number of allylic oxidation sites excluding steroid dienone is 1. The predicted molar refractivity (Wildman–Crippen MR) is 98.0 cm³/mol. The van der Waals surface area contributed by atoms with Crippen LogP contribution >= 0.6 is 11.8 Å². The minimum Gasteiger partial charge on any atom is -0.465 e. The lowest BCUT2D eigenvalue weighted by Gasteiger charge is -2.06. The molecule has 2 rings (SSSR count). The molecule has 0 atom stereocenters. The van der Waals surface area contributed by atoms with Gasteiger partial charge in [0.1, 0.15) is 0 Å². The summed E-state index contributed by atoms with van der Waals surface area (Å²) in [6.45, 7) is 0. The SMILES string of the molecule is COC(=O)c1ccccc1SC(=O)CCC/C=C\c1ccccc1. The number of hydrogen-bond donors (Lipinski definition) is 0. The molecule has 0 amide bonds. The third kappa shape index (κ3) is 5.70. The Bertz CT molecular complexity index is 708. The Kier molecular flexibility index (Phi) is 7.30. The Morgan fingerprint density at radius 2 is 1.75 bits per heavy atom. The molecule has 3 nitrogen and oxygen atoms in total. The fourth-order valence-corrected chi connectivity index (χ4v) is 3.06. The van der Waals surface area contributed by atoms with E-state index in [1.54, 1.807) is 18.2 Å². The van der Waals surface area contributed by atoms with Crippen molar-refractivity contribution in [2.75, 3.05) is 7.11 Å². The van der Waals surface area contributed by atoms with Crippen LogP contribution in [0.2, 0.25) is 0 Å². The van der Waals surface area contributed by atoms with Crippen molar-refractivity contribution in [3.05, 3.63) is 71.8 Å². The zero-order chi connectivity index (χ0) is 17.2. The summed E-state index contributed by atoms with van der Waals surface area (Å²) in [7, 11) is 1.34. The molecule has 124 valence electrons. The number of ether oxygens (including phenoxy) is 1. The van der Waals surface area contributed by atoms with E-state index in [1.807, 2.05) is 36.4 Å². The number of rotatable bonds is 7. The molecule has 0 spiro atoms. The molecule has 0 aliphatic heterocycles. The minimum absolute atomic E-state index is 0.0551. The number of carbonyl (C=O) groups excluding carboxylic acids is 2. The summed E-state index contributed by atoms with van der Waals surface area (Å²) in [4.78, 5) is 24.4. The highest BCUT2D eigenvalue weighted by molar-refractivity contribution is 8.13. The first kappa shape index (κ1) is 18.0. The highest BCUT2D eigenvalue weighted by Crippen LogP contribution is 2.25. The van der Waals surface area contributed by atoms with Crippen molar-refractivity contribution in [3.8, 4) is 0 Å². The first-order chi connectivity index (χ1) is 11.7. The number of thioether (sulfide) groups is 1. The van der Waals surface area contributed by atoms with E-state index in [9.17, 15) is 9.59 Å². The Labute approximate surface area is 146 Å². The number of esters is 1. The van der Waals surface area contributed by atoms with E-state index in [1.165, 1.54) is 7.11 Å². The van der Waals surface area contributed by atoms with E-state index >= 15 is 0 Å². The van der Waals surface area contributed by atoms with Crippen LogP contribution in [0.1, 0.15) is 35.2 Å². The normalized spacial score (nSPS) is 10.7. The van der Waals surface area contributed by atoms with Crippen molar-refractivity contribution in [1.29, 1.82) is 0 Å². The lowest BCUT2D eigenvalue weighted by atomic mass is 10.2. The average Bonchev–Trinajstić information content (AvgIpc) is 2.62. The van der Waals surface area contributed by atoms with Crippen molar-refractivity contribution in [3.63, 3.8) is 0 Å². The quantitative estimate of drug-likeness (QED) is 0.405. The first-order valence-corrected chi connectivity index (χ1v) is 8.62. The molecule has 0 saturated heterocycles. The van der Waals surface area contributed by atoms with Crippen LogP contribution in [0, 0.1) is 0 Å². The maximum Gasteiger partial charge on any atom is 0.339 e. The molecule has 0 bridgehead atoms. The number of hydrogen-bond acceptors (Lipinski definition) is 4. The van der Waals surface area contributed by atoms with Gasteiger partial charge in [-0.1, -0.05) is 66.4 Å². The standard InChI is InChI=1S/C20H20O3S/c1-23-20(22)17-13-8-9-14-18(17)24-19(21)15-7-3-6-12-16-10-4-2-5-11-16/h2,4-6,8-14H,3,7,15H2,1H3/b12-6-. The predicted octanol–water partition coefficient (Wildman–Crippen LogP) is 4.98. The molecule has 0 heterocycles. The number of methoxy groups -OCH3 is 1. The Morgan fingerprint density at radius 3 is 2.50 bits per heavy atom. The summed E-state index contributed by atoms with van der Waals surface area (Å²) in [6, 6.07) is 17.1. The number of benzene rings is 2. The van der Waals surface area contributed by atoms with Crippen LogP contribution < -0.4 is 0 Å². The third-order valence-electron chi connectivity index (χ3n) is 3.38. The van der Waals surface area contributed by atoms with Gasteiger partial charge in [-0.25, -0.2) is 4.79 Å². The van der Waals surface area contributed by atoms with Gasteiger partial charge in [0.15, 0.2) is 5.12 Å². The van der Waals surface area contributed by atoms with E-state index in [-0.39, 0.29) is 5.12 Å². The van der Waals surface area contributed by atoms with E-state index in [4.69, 9.17) is 4.74 Å². The molecule has 0 aromatic heterocycles. The molecule has 24 heavy (non-hydrogen) atoms. The summed E-state index contributed by atoms with van der Waals surface area (Å²) < 4.78 is 4.74. The summed E-state index contributed by atoms with van der Waals surface area (Å²) in [5.41, 5.74) is 1.59. The smallest absolute Gasteiger partial charge is 0.339 e. The molecular weight excluding hydrogens is 320 g/mol. The molecule has 2 aromatic rings. The Morgan fingerprint density at radius 1 is 1.04 bits per heavy atom. The summed E-state index contributed by atoms with van der Waals surface area (Å²) >= 11 is 1.10. The first-order valence-electron chi connectivity index (χ1n) is 7.80. The van der Waals surface area contributed by atoms with Gasteiger partial charge < -0.3 is 4.74 Å². The van der Waals surface area contributed by atoms with Gasteiger partial charge in [-0.05, 0) is 30.5 Å². The molecule has 0 saturated carbocycles. The van der Waals surface area contributed by atoms with Crippen LogP contribution in [0.3, 0.4) is 0 Å². The van der Waals surface area contributed by atoms with Gasteiger partial charge in [0.2, 0.25) is 0 Å².